The standard InChI is InChI=1S/C23H24N4O6/c1-30-15-4-6-19(31-2)17(10-15)24-22(28)12-26-7-8-27-18(23(26)29)11-16(25-27)14-3-5-20-21(9-14)33-13-32-20/h3-10,16,18,25H,11-13H2,1-2H3,(H,24,28). The van der Waals surface area contributed by atoms with E-state index in [4.69, 9.17) is 18.9 Å². The summed E-state index contributed by atoms with van der Waals surface area (Å²) in [4.78, 5) is 27.2. The van der Waals surface area contributed by atoms with Crippen molar-refractivity contribution in [2.24, 2.45) is 0 Å². The van der Waals surface area contributed by atoms with E-state index in [1.54, 1.807) is 42.7 Å². The Balaban J connectivity index is 1.24. The van der Waals surface area contributed by atoms with E-state index in [1.165, 1.54) is 12.0 Å². The fourth-order valence-corrected chi connectivity index (χ4v) is 4.17. The van der Waals surface area contributed by atoms with Crippen molar-refractivity contribution in [1.82, 2.24) is 15.3 Å². The van der Waals surface area contributed by atoms with Gasteiger partial charge in [0.05, 0.1) is 25.9 Å². The molecule has 10 nitrogen and oxygen atoms in total. The molecule has 3 aliphatic rings. The Hall–Kier alpha value is -3.92. The predicted octanol–water partition coefficient (Wildman–Crippen LogP) is 2.00. The number of carbonyl (C=O) groups excluding carboxylic acids is 2. The zero-order valence-electron chi connectivity index (χ0n) is 18.2. The van der Waals surface area contributed by atoms with Gasteiger partial charge in [-0.3, -0.25) is 9.59 Å². The number of fused-ring (bicyclic) bond motifs is 2. The minimum atomic E-state index is -0.412. The van der Waals surface area contributed by atoms with Gasteiger partial charge in [-0.2, -0.15) is 0 Å². The summed E-state index contributed by atoms with van der Waals surface area (Å²) in [5.74, 6) is 2.01. The van der Waals surface area contributed by atoms with Gasteiger partial charge in [-0.15, -0.1) is 0 Å². The van der Waals surface area contributed by atoms with Crippen molar-refractivity contribution >= 4 is 17.5 Å². The van der Waals surface area contributed by atoms with Gasteiger partial charge in [0.25, 0.3) is 5.91 Å². The Morgan fingerprint density at radius 1 is 1.12 bits per heavy atom. The molecule has 2 N–H and O–H groups in total. The Morgan fingerprint density at radius 3 is 2.79 bits per heavy atom. The predicted molar refractivity (Wildman–Crippen MR) is 118 cm³/mol. The molecule has 0 saturated carbocycles. The van der Waals surface area contributed by atoms with Gasteiger partial charge < -0.3 is 34.2 Å². The maximum absolute atomic E-state index is 13.1. The summed E-state index contributed by atoms with van der Waals surface area (Å²) < 4.78 is 21.3. The fourth-order valence-electron chi connectivity index (χ4n) is 4.17. The van der Waals surface area contributed by atoms with E-state index in [0.29, 0.717) is 29.4 Å². The van der Waals surface area contributed by atoms with Crippen LogP contribution in [0.1, 0.15) is 18.0 Å². The molecule has 3 aliphatic heterocycles. The molecule has 10 heteroatoms. The van der Waals surface area contributed by atoms with E-state index in [1.807, 2.05) is 18.2 Å². The molecule has 2 unspecified atom stereocenters. The van der Waals surface area contributed by atoms with Crippen LogP contribution in [-0.4, -0.2) is 55.3 Å². The first kappa shape index (κ1) is 21.0. The van der Waals surface area contributed by atoms with Crippen molar-refractivity contribution in [3.63, 3.8) is 0 Å². The van der Waals surface area contributed by atoms with Crippen molar-refractivity contribution in [1.29, 1.82) is 0 Å². The van der Waals surface area contributed by atoms with Crippen molar-refractivity contribution in [3.8, 4) is 23.0 Å². The fraction of sp³-hybridized carbons (Fsp3) is 0.304. The zero-order chi connectivity index (χ0) is 22.9. The Morgan fingerprint density at radius 2 is 1.97 bits per heavy atom. The van der Waals surface area contributed by atoms with Gasteiger partial charge in [-0.1, -0.05) is 6.07 Å². The first-order valence-corrected chi connectivity index (χ1v) is 10.5. The molecule has 2 aromatic rings. The lowest BCUT2D eigenvalue weighted by molar-refractivity contribution is -0.137. The molecule has 0 spiro atoms. The number of amides is 2. The molecular weight excluding hydrogens is 428 g/mol. The summed E-state index contributed by atoms with van der Waals surface area (Å²) >= 11 is 0. The van der Waals surface area contributed by atoms with Gasteiger partial charge >= 0.3 is 0 Å². The molecule has 0 aliphatic carbocycles. The number of hydrazine groups is 1. The number of methoxy groups -OCH3 is 2. The van der Waals surface area contributed by atoms with Crippen LogP contribution in [0.25, 0.3) is 0 Å². The van der Waals surface area contributed by atoms with Crippen LogP contribution in [0.5, 0.6) is 23.0 Å². The van der Waals surface area contributed by atoms with Crippen LogP contribution in [0.15, 0.2) is 48.8 Å². The number of anilines is 1. The van der Waals surface area contributed by atoms with Gasteiger partial charge in [-0.05, 0) is 36.2 Å². The highest BCUT2D eigenvalue weighted by Crippen LogP contribution is 2.37. The van der Waals surface area contributed by atoms with E-state index in [0.717, 1.165) is 11.3 Å². The minimum absolute atomic E-state index is 0.0621. The average molecular weight is 452 g/mol. The van der Waals surface area contributed by atoms with Crippen molar-refractivity contribution in [2.45, 2.75) is 18.5 Å². The molecule has 3 heterocycles. The van der Waals surface area contributed by atoms with E-state index >= 15 is 0 Å². The summed E-state index contributed by atoms with van der Waals surface area (Å²) in [6.45, 7) is 0.0975. The van der Waals surface area contributed by atoms with Crippen LogP contribution in [0.3, 0.4) is 0 Å². The smallest absolute Gasteiger partial charge is 0.251 e. The highest BCUT2D eigenvalue weighted by Gasteiger charge is 2.40. The van der Waals surface area contributed by atoms with Gasteiger partial charge in [0, 0.05) is 18.5 Å². The SMILES string of the molecule is COc1ccc(OC)c(NC(=O)CN2C=CN3NC(c4ccc5c(c4)OCO5)CC3C2=O)c1. The molecule has 172 valence electrons. The number of benzene rings is 2. The maximum atomic E-state index is 13.1. The number of ether oxygens (including phenoxy) is 4. The monoisotopic (exact) mass is 452 g/mol. The summed E-state index contributed by atoms with van der Waals surface area (Å²) in [6, 6.07) is 10.4. The average Bonchev–Trinajstić information content (AvgIpc) is 3.47. The van der Waals surface area contributed by atoms with Crippen LogP contribution in [0.4, 0.5) is 5.69 Å². The third-order valence-electron chi connectivity index (χ3n) is 5.87. The molecule has 5 rings (SSSR count). The second-order valence-corrected chi connectivity index (χ2v) is 7.83. The summed E-state index contributed by atoms with van der Waals surface area (Å²) in [7, 11) is 3.06. The van der Waals surface area contributed by atoms with E-state index in [-0.39, 0.29) is 31.2 Å². The molecule has 1 saturated heterocycles. The number of hydrogen-bond donors (Lipinski definition) is 2. The molecule has 0 aromatic heterocycles. The highest BCUT2D eigenvalue weighted by molar-refractivity contribution is 5.97. The van der Waals surface area contributed by atoms with E-state index in [9.17, 15) is 9.59 Å². The quantitative estimate of drug-likeness (QED) is 0.687. The molecule has 2 aromatic carbocycles. The first-order chi connectivity index (χ1) is 16.1. The normalized spacial score (nSPS) is 20.6. The van der Waals surface area contributed by atoms with Crippen molar-refractivity contribution in [2.75, 3.05) is 32.9 Å². The number of carbonyl (C=O) groups is 2. The molecule has 0 radical (unpaired) electrons. The molecular formula is C23H24N4O6. The minimum Gasteiger partial charge on any atom is -0.497 e. The van der Waals surface area contributed by atoms with Crippen LogP contribution < -0.4 is 29.7 Å². The second-order valence-electron chi connectivity index (χ2n) is 7.83. The third-order valence-corrected chi connectivity index (χ3v) is 5.87. The molecule has 33 heavy (non-hydrogen) atoms. The highest BCUT2D eigenvalue weighted by atomic mass is 16.7. The largest absolute Gasteiger partial charge is 0.497 e. The molecule has 1 fully saturated rings. The summed E-state index contributed by atoms with van der Waals surface area (Å²) in [6.07, 6.45) is 3.94. The molecule has 2 amide bonds. The van der Waals surface area contributed by atoms with E-state index in [2.05, 4.69) is 10.7 Å². The topological polar surface area (TPSA) is 102 Å². The van der Waals surface area contributed by atoms with Gasteiger partial charge in [0.2, 0.25) is 12.7 Å². The van der Waals surface area contributed by atoms with Gasteiger partial charge in [0.1, 0.15) is 24.1 Å². The Bertz CT molecular complexity index is 1120. The van der Waals surface area contributed by atoms with Crippen LogP contribution >= 0.6 is 0 Å². The van der Waals surface area contributed by atoms with Gasteiger partial charge in [-0.25, -0.2) is 5.43 Å². The Kier molecular flexibility index (Phi) is 5.43. The Labute approximate surface area is 190 Å². The third kappa shape index (κ3) is 4.00. The first-order valence-electron chi connectivity index (χ1n) is 10.5. The van der Waals surface area contributed by atoms with Crippen molar-refractivity contribution in [3.05, 3.63) is 54.4 Å². The lowest BCUT2D eigenvalue weighted by Crippen LogP contribution is -2.49. The molecule has 2 atom stereocenters. The van der Waals surface area contributed by atoms with Gasteiger partial charge in [0.15, 0.2) is 11.5 Å². The summed E-state index contributed by atoms with van der Waals surface area (Å²) in [5.41, 5.74) is 4.82. The van der Waals surface area contributed by atoms with Crippen molar-refractivity contribution < 1.29 is 28.5 Å². The molecule has 0 bridgehead atoms. The van der Waals surface area contributed by atoms with Crippen LogP contribution in [-0.2, 0) is 9.59 Å². The zero-order valence-corrected chi connectivity index (χ0v) is 18.2. The second kappa shape index (κ2) is 8.55. The number of hydrogen-bond acceptors (Lipinski definition) is 8. The number of nitrogens with one attached hydrogen (secondary N) is 2. The van der Waals surface area contributed by atoms with E-state index < -0.39 is 6.04 Å². The number of rotatable bonds is 6. The van der Waals surface area contributed by atoms with Crippen LogP contribution in [0.2, 0.25) is 0 Å². The summed E-state index contributed by atoms with van der Waals surface area (Å²) in [5, 5.41) is 4.58. The number of nitrogens with zero attached hydrogens (tertiary/aromatic N) is 2. The lowest BCUT2D eigenvalue weighted by atomic mass is 10.0. The maximum Gasteiger partial charge on any atom is 0.251 e. The van der Waals surface area contributed by atoms with Crippen LogP contribution in [0, 0.1) is 0 Å². The lowest BCUT2D eigenvalue weighted by Gasteiger charge is -2.31.